The van der Waals surface area contributed by atoms with Crippen LogP contribution >= 0.6 is 15.9 Å². The van der Waals surface area contributed by atoms with E-state index in [1.807, 2.05) is 5.32 Å². The molecule has 0 heterocycles. The third-order valence-electron chi connectivity index (χ3n) is 1.92. The van der Waals surface area contributed by atoms with E-state index >= 15 is 0 Å². The van der Waals surface area contributed by atoms with Gasteiger partial charge in [-0.15, -0.1) is 0 Å². The van der Waals surface area contributed by atoms with E-state index in [1.54, 1.807) is 0 Å². The molecule has 0 saturated carbocycles. The number of carbonyl (C=O) groups is 1. The number of amides is 1. The summed E-state index contributed by atoms with van der Waals surface area (Å²) < 4.78 is 37.9. The van der Waals surface area contributed by atoms with E-state index in [0.29, 0.717) is 6.07 Å². The number of nitrogens with zero attached hydrogens (tertiary/aromatic N) is 1. The zero-order valence-electron chi connectivity index (χ0n) is 8.84. The van der Waals surface area contributed by atoms with Crippen molar-refractivity contribution in [3.8, 4) is 0 Å². The van der Waals surface area contributed by atoms with E-state index in [9.17, 15) is 28.1 Å². The molecule has 18 heavy (non-hydrogen) atoms. The van der Waals surface area contributed by atoms with Crippen LogP contribution in [0.3, 0.4) is 0 Å². The summed E-state index contributed by atoms with van der Waals surface area (Å²) in [4.78, 5) is 20.4. The Kier molecular flexibility index (Phi) is 3.95. The third-order valence-corrected chi connectivity index (χ3v) is 2.58. The molecule has 0 aliphatic heterocycles. The van der Waals surface area contributed by atoms with Crippen LogP contribution in [0.2, 0.25) is 0 Å². The minimum Gasteiger partial charge on any atom is -0.320 e. The number of nitrogens with one attached hydrogen (secondary N) is 1. The fourth-order valence-electron chi connectivity index (χ4n) is 1.28. The number of hydrogen-bond acceptors (Lipinski definition) is 3. The second-order valence-electron chi connectivity index (χ2n) is 3.25. The highest BCUT2D eigenvalue weighted by Gasteiger charge is 2.40. The first-order chi connectivity index (χ1) is 8.14. The molecular weight excluding hydrogens is 321 g/mol. The van der Waals surface area contributed by atoms with E-state index < -0.39 is 33.9 Å². The molecule has 1 amide bonds. The molecule has 98 valence electrons. The first-order valence-corrected chi connectivity index (χ1v) is 5.25. The standard InChI is InChI=1S/C9H6BrF3N2O3/c1-4(16)14-7-6(10)3-2-5(9(11,12)13)8(7)15(17)18/h2-3H,1H3,(H,14,16). The van der Waals surface area contributed by atoms with Gasteiger partial charge in [0.25, 0.3) is 0 Å². The highest BCUT2D eigenvalue weighted by Crippen LogP contribution is 2.43. The van der Waals surface area contributed by atoms with Gasteiger partial charge >= 0.3 is 11.9 Å². The number of hydrogen-bond donors (Lipinski definition) is 1. The molecule has 9 heteroatoms. The molecule has 0 aliphatic rings. The Morgan fingerprint density at radius 2 is 2.00 bits per heavy atom. The number of nitro groups is 1. The molecule has 0 fully saturated rings. The maximum Gasteiger partial charge on any atom is 0.423 e. The van der Waals surface area contributed by atoms with E-state index in [1.165, 1.54) is 0 Å². The fraction of sp³-hybridized carbons (Fsp3) is 0.222. The number of rotatable bonds is 2. The van der Waals surface area contributed by atoms with Gasteiger partial charge in [0.2, 0.25) is 5.91 Å². The maximum atomic E-state index is 12.6. The second kappa shape index (κ2) is 4.92. The van der Waals surface area contributed by atoms with Crippen molar-refractivity contribution in [3.63, 3.8) is 0 Å². The number of nitro benzene ring substituents is 1. The lowest BCUT2D eigenvalue weighted by Gasteiger charge is -2.12. The van der Waals surface area contributed by atoms with Crippen LogP contribution in [0.5, 0.6) is 0 Å². The van der Waals surface area contributed by atoms with E-state index in [4.69, 9.17) is 0 Å². The molecule has 0 atom stereocenters. The van der Waals surface area contributed by atoms with Gasteiger partial charge in [0.05, 0.1) is 4.92 Å². The fourth-order valence-corrected chi connectivity index (χ4v) is 1.70. The van der Waals surface area contributed by atoms with E-state index in [-0.39, 0.29) is 4.47 Å². The largest absolute Gasteiger partial charge is 0.423 e. The van der Waals surface area contributed by atoms with Crippen molar-refractivity contribution in [2.24, 2.45) is 0 Å². The Morgan fingerprint density at radius 1 is 1.44 bits per heavy atom. The van der Waals surface area contributed by atoms with Crippen molar-refractivity contribution in [1.29, 1.82) is 0 Å². The van der Waals surface area contributed by atoms with Gasteiger partial charge in [-0.3, -0.25) is 14.9 Å². The van der Waals surface area contributed by atoms with Gasteiger partial charge in [0.1, 0.15) is 11.3 Å². The van der Waals surface area contributed by atoms with Crippen molar-refractivity contribution in [3.05, 3.63) is 32.3 Å². The molecule has 5 nitrogen and oxygen atoms in total. The molecule has 0 spiro atoms. The molecule has 0 saturated heterocycles. The lowest BCUT2D eigenvalue weighted by Crippen LogP contribution is -2.14. The summed E-state index contributed by atoms with van der Waals surface area (Å²) in [7, 11) is 0. The molecule has 0 radical (unpaired) electrons. The van der Waals surface area contributed by atoms with Gasteiger partial charge in [-0.25, -0.2) is 0 Å². The maximum absolute atomic E-state index is 12.6. The Balaban J connectivity index is 3.58. The summed E-state index contributed by atoms with van der Waals surface area (Å²) in [6.07, 6.45) is -4.88. The van der Waals surface area contributed by atoms with Crippen LogP contribution in [0.4, 0.5) is 24.5 Å². The van der Waals surface area contributed by atoms with Gasteiger partial charge in [0, 0.05) is 11.4 Å². The zero-order chi connectivity index (χ0) is 14.1. The van der Waals surface area contributed by atoms with Crippen LogP contribution in [-0.4, -0.2) is 10.8 Å². The number of anilines is 1. The molecule has 0 aliphatic carbocycles. The molecular formula is C9H6BrF3N2O3. The number of carbonyl (C=O) groups excluding carboxylic acids is 1. The average Bonchev–Trinajstić information content (AvgIpc) is 2.17. The molecule has 1 rings (SSSR count). The zero-order valence-corrected chi connectivity index (χ0v) is 10.4. The predicted molar refractivity (Wildman–Crippen MR) is 60.1 cm³/mol. The van der Waals surface area contributed by atoms with Crippen molar-refractivity contribution in [2.45, 2.75) is 13.1 Å². The molecule has 1 aromatic rings. The highest BCUT2D eigenvalue weighted by molar-refractivity contribution is 9.10. The number of alkyl halides is 3. The van der Waals surface area contributed by atoms with Crippen molar-refractivity contribution < 1.29 is 22.9 Å². The third kappa shape index (κ3) is 2.97. The lowest BCUT2D eigenvalue weighted by molar-refractivity contribution is -0.387. The van der Waals surface area contributed by atoms with Crippen LogP contribution in [0.25, 0.3) is 0 Å². The molecule has 0 aromatic heterocycles. The van der Waals surface area contributed by atoms with Crippen LogP contribution in [0.15, 0.2) is 16.6 Å². The van der Waals surface area contributed by atoms with Crippen LogP contribution < -0.4 is 5.32 Å². The Hall–Kier alpha value is -1.64. The van der Waals surface area contributed by atoms with Gasteiger partial charge in [-0.1, -0.05) is 0 Å². The van der Waals surface area contributed by atoms with Gasteiger partial charge in [-0.05, 0) is 28.1 Å². The normalized spacial score (nSPS) is 11.2. The number of benzene rings is 1. The van der Waals surface area contributed by atoms with Gasteiger partial charge < -0.3 is 5.32 Å². The van der Waals surface area contributed by atoms with Crippen molar-refractivity contribution in [2.75, 3.05) is 5.32 Å². The first-order valence-electron chi connectivity index (χ1n) is 4.46. The highest BCUT2D eigenvalue weighted by atomic mass is 79.9. The SMILES string of the molecule is CC(=O)Nc1c(Br)ccc(C(F)(F)F)c1[N+](=O)[O-]. The number of halogens is 4. The van der Waals surface area contributed by atoms with Crippen LogP contribution in [0.1, 0.15) is 12.5 Å². The minimum atomic E-state index is -4.88. The summed E-state index contributed by atoms with van der Waals surface area (Å²) in [5.74, 6) is -0.710. The Morgan fingerprint density at radius 3 is 2.39 bits per heavy atom. The van der Waals surface area contributed by atoms with Crippen molar-refractivity contribution in [1.82, 2.24) is 0 Å². The summed E-state index contributed by atoms with van der Waals surface area (Å²) in [6.45, 7) is 1.04. The van der Waals surface area contributed by atoms with E-state index in [0.717, 1.165) is 13.0 Å². The van der Waals surface area contributed by atoms with Crippen molar-refractivity contribution >= 4 is 33.2 Å². The average molecular weight is 327 g/mol. The quantitative estimate of drug-likeness (QED) is 0.669. The predicted octanol–water partition coefficient (Wildman–Crippen LogP) is 3.33. The first kappa shape index (κ1) is 14.4. The minimum absolute atomic E-state index is 0.00241. The van der Waals surface area contributed by atoms with Gasteiger partial charge in [-0.2, -0.15) is 13.2 Å². The summed E-state index contributed by atoms with van der Waals surface area (Å²) in [5.41, 5.74) is -3.12. The molecule has 0 bridgehead atoms. The Bertz CT molecular complexity index is 517. The van der Waals surface area contributed by atoms with Crippen LogP contribution in [0, 0.1) is 10.1 Å². The summed E-state index contributed by atoms with van der Waals surface area (Å²) in [6, 6.07) is 1.56. The van der Waals surface area contributed by atoms with Gasteiger partial charge in [0.15, 0.2) is 0 Å². The molecule has 1 aromatic carbocycles. The summed E-state index contributed by atoms with van der Waals surface area (Å²) >= 11 is 2.86. The molecule has 1 N–H and O–H groups in total. The van der Waals surface area contributed by atoms with Crippen LogP contribution in [-0.2, 0) is 11.0 Å². The topological polar surface area (TPSA) is 72.2 Å². The Labute approximate surface area is 107 Å². The lowest BCUT2D eigenvalue weighted by atomic mass is 10.1. The summed E-state index contributed by atoms with van der Waals surface area (Å²) in [5, 5.41) is 12.8. The van der Waals surface area contributed by atoms with E-state index in [2.05, 4.69) is 15.9 Å². The molecule has 0 unspecified atom stereocenters. The second-order valence-corrected chi connectivity index (χ2v) is 4.11. The monoisotopic (exact) mass is 326 g/mol. The smallest absolute Gasteiger partial charge is 0.320 e.